The fourth-order valence-corrected chi connectivity index (χ4v) is 3.75. The lowest BCUT2D eigenvalue weighted by molar-refractivity contribution is -0.141. The molecule has 0 bridgehead atoms. The van der Waals surface area contributed by atoms with Crippen molar-refractivity contribution in [3.8, 4) is 11.5 Å². The van der Waals surface area contributed by atoms with E-state index in [1.807, 2.05) is 12.1 Å². The highest BCUT2D eigenvalue weighted by atomic mass is 16.5. The molecule has 2 fully saturated rings. The molecule has 0 saturated carbocycles. The van der Waals surface area contributed by atoms with Gasteiger partial charge in [0.05, 0.1) is 26.3 Å². The van der Waals surface area contributed by atoms with E-state index in [1.54, 1.807) is 14.2 Å². The summed E-state index contributed by atoms with van der Waals surface area (Å²) in [4.78, 5) is 18.4. The quantitative estimate of drug-likeness (QED) is 0.901. The van der Waals surface area contributed by atoms with Gasteiger partial charge in [-0.1, -0.05) is 0 Å². The largest absolute Gasteiger partial charge is 0.493 e. The molecule has 1 spiro atoms. The van der Waals surface area contributed by atoms with E-state index < -0.39 is 0 Å². The first-order valence-corrected chi connectivity index (χ1v) is 8.72. The first kappa shape index (κ1) is 16.9. The van der Waals surface area contributed by atoms with Crippen LogP contribution in [0.5, 0.6) is 11.5 Å². The summed E-state index contributed by atoms with van der Waals surface area (Å²) in [5, 5.41) is 3.96. The van der Waals surface area contributed by atoms with Crippen LogP contribution < -0.4 is 19.7 Å². The first-order chi connectivity index (χ1) is 12.5. The number of aromatic nitrogens is 1. The molecule has 1 atom stereocenters. The van der Waals surface area contributed by atoms with E-state index in [9.17, 15) is 4.79 Å². The predicted octanol–water partition coefficient (Wildman–Crippen LogP) is 1.66. The molecule has 2 aromatic rings. The SMILES string of the molecule is COc1cc2nc(N3CCC4(CNC(=O)CO4)C3)cc(C)c2cc1OC. The highest BCUT2D eigenvalue weighted by Crippen LogP contribution is 2.36. The number of pyridine rings is 1. The summed E-state index contributed by atoms with van der Waals surface area (Å²) >= 11 is 0. The van der Waals surface area contributed by atoms with Gasteiger partial charge in [0, 0.05) is 24.5 Å². The summed E-state index contributed by atoms with van der Waals surface area (Å²) in [6.07, 6.45) is 0.873. The number of rotatable bonds is 3. The molecule has 3 heterocycles. The number of methoxy groups -OCH3 is 2. The molecular formula is C19H23N3O4. The predicted molar refractivity (Wildman–Crippen MR) is 98.1 cm³/mol. The van der Waals surface area contributed by atoms with Gasteiger partial charge in [0.15, 0.2) is 11.5 Å². The second-order valence-electron chi connectivity index (χ2n) is 6.94. The van der Waals surface area contributed by atoms with Crippen LogP contribution in [0.2, 0.25) is 0 Å². The molecule has 4 rings (SSSR count). The number of amides is 1. The van der Waals surface area contributed by atoms with Gasteiger partial charge < -0.3 is 24.4 Å². The van der Waals surface area contributed by atoms with E-state index in [4.69, 9.17) is 19.2 Å². The van der Waals surface area contributed by atoms with Gasteiger partial charge in [-0.15, -0.1) is 0 Å². The summed E-state index contributed by atoms with van der Waals surface area (Å²) in [5.74, 6) is 2.23. The fraction of sp³-hybridized carbons (Fsp3) is 0.474. The van der Waals surface area contributed by atoms with Crippen molar-refractivity contribution >= 4 is 22.6 Å². The number of hydrogen-bond donors (Lipinski definition) is 1. The van der Waals surface area contributed by atoms with E-state index in [1.165, 1.54) is 0 Å². The maximum atomic E-state index is 11.4. The zero-order valence-corrected chi connectivity index (χ0v) is 15.3. The topological polar surface area (TPSA) is 72.9 Å². The number of fused-ring (bicyclic) bond motifs is 1. The highest BCUT2D eigenvalue weighted by Gasteiger charge is 2.42. The Kier molecular flexibility index (Phi) is 4.11. The van der Waals surface area contributed by atoms with Gasteiger partial charge in [0.1, 0.15) is 18.0 Å². The standard InChI is InChI=1S/C19H23N3O4/c1-12-6-17(21-14-8-16(25-3)15(24-2)7-13(12)14)22-5-4-19(11-22)10-20-18(23)9-26-19/h6-8H,4-5,9-11H2,1-3H3,(H,20,23). The highest BCUT2D eigenvalue weighted by molar-refractivity contribution is 5.87. The number of carbonyl (C=O) groups excluding carboxylic acids is 1. The van der Waals surface area contributed by atoms with Crippen molar-refractivity contribution in [2.75, 3.05) is 45.4 Å². The maximum Gasteiger partial charge on any atom is 0.246 e. The van der Waals surface area contributed by atoms with Gasteiger partial charge in [-0.3, -0.25) is 4.79 Å². The number of carbonyl (C=O) groups is 1. The van der Waals surface area contributed by atoms with E-state index in [0.717, 1.165) is 41.8 Å². The van der Waals surface area contributed by atoms with Crippen molar-refractivity contribution in [1.82, 2.24) is 10.3 Å². The molecule has 138 valence electrons. The molecule has 1 N–H and O–H groups in total. The Labute approximate surface area is 152 Å². The maximum absolute atomic E-state index is 11.4. The van der Waals surface area contributed by atoms with Gasteiger partial charge >= 0.3 is 0 Å². The van der Waals surface area contributed by atoms with Crippen LogP contribution >= 0.6 is 0 Å². The number of aryl methyl sites for hydroxylation is 1. The molecular weight excluding hydrogens is 334 g/mol. The molecule has 1 unspecified atom stereocenters. The molecule has 0 radical (unpaired) electrons. The smallest absolute Gasteiger partial charge is 0.246 e. The average molecular weight is 357 g/mol. The molecule has 2 saturated heterocycles. The molecule has 7 heteroatoms. The van der Waals surface area contributed by atoms with Crippen molar-refractivity contribution in [2.45, 2.75) is 18.9 Å². The van der Waals surface area contributed by atoms with Gasteiger partial charge in [0.2, 0.25) is 5.91 Å². The number of ether oxygens (including phenoxy) is 3. The number of nitrogens with one attached hydrogen (secondary N) is 1. The summed E-state index contributed by atoms with van der Waals surface area (Å²) in [7, 11) is 3.26. The molecule has 2 aliphatic heterocycles. The summed E-state index contributed by atoms with van der Waals surface area (Å²) in [6.45, 7) is 4.33. The Morgan fingerprint density at radius 1 is 1.23 bits per heavy atom. The summed E-state index contributed by atoms with van der Waals surface area (Å²) < 4.78 is 16.7. The Balaban J connectivity index is 1.66. The minimum Gasteiger partial charge on any atom is -0.493 e. The molecule has 1 aromatic carbocycles. The van der Waals surface area contributed by atoms with Crippen LogP contribution in [0.4, 0.5) is 5.82 Å². The number of morpholine rings is 1. The number of benzene rings is 1. The molecule has 2 aliphatic rings. The Bertz CT molecular complexity index is 857. The lowest BCUT2D eigenvalue weighted by Gasteiger charge is -2.33. The van der Waals surface area contributed by atoms with Crippen LogP contribution in [-0.2, 0) is 9.53 Å². The molecule has 0 aliphatic carbocycles. The molecule has 7 nitrogen and oxygen atoms in total. The number of anilines is 1. The zero-order chi connectivity index (χ0) is 18.3. The Morgan fingerprint density at radius 3 is 2.69 bits per heavy atom. The fourth-order valence-electron chi connectivity index (χ4n) is 3.75. The van der Waals surface area contributed by atoms with Crippen molar-refractivity contribution < 1.29 is 19.0 Å². The number of hydrogen-bond acceptors (Lipinski definition) is 6. The van der Waals surface area contributed by atoms with E-state index >= 15 is 0 Å². The van der Waals surface area contributed by atoms with Crippen LogP contribution in [0.25, 0.3) is 10.9 Å². The van der Waals surface area contributed by atoms with Gasteiger partial charge in [-0.2, -0.15) is 0 Å². The Morgan fingerprint density at radius 2 is 2.00 bits per heavy atom. The minimum atomic E-state index is -0.309. The second kappa shape index (κ2) is 6.32. The van der Waals surface area contributed by atoms with E-state index in [2.05, 4.69) is 23.2 Å². The van der Waals surface area contributed by atoms with Crippen molar-refractivity contribution in [2.24, 2.45) is 0 Å². The third kappa shape index (κ3) is 2.82. The normalized spacial score (nSPS) is 22.7. The molecule has 26 heavy (non-hydrogen) atoms. The third-order valence-electron chi connectivity index (χ3n) is 5.26. The van der Waals surface area contributed by atoms with Crippen LogP contribution in [0, 0.1) is 6.92 Å². The van der Waals surface area contributed by atoms with Crippen LogP contribution in [0.1, 0.15) is 12.0 Å². The van der Waals surface area contributed by atoms with Gasteiger partial charge in [0.25, 0.3) is 0 Å². The average Bonchev–Trinajstić information content (AvgIpc) is 3.07. The summed E-state index contributed by atoms with van der Waals surface area (Å²) in [6, 6.07) is 5.97. The lowest BCUT2D eigenvalue weighted by Crippen LogP contribution is -2.53. The third-order valence-corrected chi connectivity index (χ3v) is 5.26. The minimum absolute atomic E-state index is 0.0465. The van der Waals surface area contributed by atoms with Crippen LogP contribution in [0.15, 0.2) is 18.2 Å². The monoisotopic (exact) mass is 357 g/mol. The van der Waals surface area contributed by atoms with Crippen molar-refractivity contribution in [1.29, 1.82) is 0 Å². The van der Waals surface area contributed by atoms with E-state index in [0.29, 0.717) is 18.0 Å². The van der Waals surface area contributed by atoms with Crippen LogP contribution in [0.3, 0.4) is 0 Å². The van der Waals surface area contributed by atoms with Gasteiger partial charge in [-0.25, -0.2) is 4.98 Å². The van der Waals surface area contributed by atoms with Gasteiger partial charge in [-0.05, 0) is 31.0 Å². The Hall–Kier alpha value is -2.54. The molecule has 1 aromatic heterocycles. The molecule has 1 amide bonds. The first-order valence-electron chi connectivity index (χ1n) is 8.72. The van der Waals surface area contributed by atoms with Crippen LogP contribution in [-0.4, -0.2) is 57.0 Å². The summed E-state index contributed by atoms with van der Waals surface area (Å²) in [5.41, 5.74) is 1.69. The van der Waals surface area contributed by atoms with E-state index in [-0.39, 0.29) is 18.1 Å². The lowest BCUT2D eigenvalue weighted by atomic mass is 10.0. The van der Waals surface area contributed by atoms with Crippen molar-refractivity contribution in [3.63, 3.8) is 0 Å². The van der Waals surface area contributed by atoms with Crippen molar-refractivity contribution in [3.05, 3.63) is 23.8 Å². The number of nitrogens with zero attached hydrogens (tertiary/aromatic N) is 2. The zero-order valence-electron chi connectivity index (χ0n) is 15.3. The second-order valence-corrected chi connectivity index (χ2v) is 6.94.